The van der Waals surface area contributed by atoms with Gasteiger partial charge < -0.3 is 4.42 Å². The topological polar surface area (TPSA) is 43.9 Å². The van der Waals surface area contributed by atoms with E-state index in [1.807, 2.05) is 37.3 Å². The highest BCUT2D eigenvalue weighted by Crippen LogP contribution is 2.26. The molecular weight excluding hydrogens is 294 g/mol. The molecule has 5 heteroatoms. The van der Waals surface area contributed by atoms with E-state index in [0.29, 0.717) is 6.54 Å². The fraction of sp³-hybridized carbons (Fsp3) is 0.176. The molecule has 0 unspecified atom stereocenters. The summed E-state index contributed by atoms with van der Waals surface area (Å²) in [5.41, 5.74) is 2.31. The van der Waals surface area contributed by atoms with Crippen molar-refractivity contribution in [2.45, 2.75) is 18.6 Å². The largest absolute Gasteiger partial charge is 0.461 e. The molecule has 4 nitrogen and oxygen atoms in total. The lowest BCUT2D eigenvalue weighted by Gasteiger charge is -2.09. The molecule has 0 N–H and O–H groups in total. The number of benzene rings is 1. The van der Waals surface area contributed by atoms with Crippen molar-refractivity contribution in [3.63, 3.8) is 0 Å². The van der Waals surface area contributed by atoms with Gasteiger partial charge in [0.25, 0.3) is 0 Å². The standard InChI is InChI=1S/C17H17N3OS/c1-13(2)12-22-17-19-18-16(15-9-6-10-21-15)20(17)11-14-7-4-3-5-8-14/h3-10H,1,11-12H2,2H3. The van der Waals surface area contributed by atoms with Crippen LogP contribution in [0.5, 0.6) is 0 Å². The Labute approximate surface area is 133 Å². The minimum Gasteiger partial charge on any atom is -0.461 e. The molecule has 0 fully saturated rings. The van der Waals surface area contributed by atoms with Gasteiger partial charge in [0, 0.05) is 5.75 Å². The van der Waals surface area contributed by atoms with Gasteiger partial charge in [-0.15, -0.1) is 10.2 Å². The first-order valence-electron chi connectivity index (χ1n) is 7.02. The molecule has 0 aliphatic rings. The Hall–Kier alpha value is -2.27. The zero-order chi connectivity index (χ0) is 15.4. The van der Waals surface area contributed by atoms with Crippen molar-refractivity contribution in [2.75, 3.05) is 5.75 Å². The minimum atomic E-state index is 0.711. The van der Waals surface area contributed by atoms with Crippen molar-refractivity contribution in [3.8, 4) is 11.6 Å². The number of hydrogen-bond acceptors (Lipinski definition) is 4. The maximum Gasteiger partial charge on any atom is 0.200 e. The molecule has 0 saturated carbocycles. The Kier molecular flexibility index (Phi) is 4.44. The van der Waals surface area contributed by atoms with Gasteiger partial charge >= 0.3 is 0 Å². The smallest absolute Gasteiger partial charge is 0.200 e. The molecule has 0 bridgehead atoms. The molecule has 0 amide bonds. The highest BCUT2D eigenvalue weighted by atomic mass is 32.2. The molecule has 3 rings (SSSR count). The monoisotopic (exact) mass is 311 g/mol. The maximum atomic E-state index is 5.49. The first-order chi connectivity index (χ1) is 10.7. The van der Waals surface area contributed by atoms with E-state index < -0.39 is 0 Å². The van der Waals surface area contributed by atoms with Gasteiger partial charge in [-0.2, -0.15) is 0 Å². The summed E-state index contributed by atoms with van der Waals surface area (Å²) in [6, 6.07) is 14.0. The Morgan fingerprint density at radius 3 is 2.68 bits per heavy atom. The first-order valence-corrected chi connectivity index (χ1v) is 8.01. The molecule has 0 aliphatic heterocycles. The summed E-state index contributed by atoms with van der Waals surface area (Å²) < 4.78 is 7.57. The third-order valence-corrected chi connectivity index (χ3v) is 4.29. The number of nitrogens with zero attached hydrogens (tertiary/aromatic N) is 3. The van der Waals surface area contributed by atoms with E-state index in [0.717, 1.165) is 28.1 Å². The van der Waals surface area contributed by atoms with Crippen LogP contribution in [0.3, 0.4) is 0 Å². The Morgan fingerprint density at radius 1 is 1.18 bits per heavy atom. The lowest BCUT2D eigenvalue weighted by atomic mass is 10.2. The summed E-state index contributed by atoms with van der Waals surface area (Å²) in [5, 5.41) is 9.49. The number of hydrogen-bond donors (Lipinski definition) is 0. The zero-order valence-corrected chi connectivity index (χ0v) is 13.2. The second-order valence-corrected chi connectivity index (χ2v) is 6.04. The second-order valence-electron chi connectivity index (χ2n) is 5.10. The Balaban J connectivity index is 1.95. The number of aromatic nitrogens is 3. The van der Waals surface area contributed by atoms with Crippen LogP contribution in [-0.4, -0.2) is 20.5 Å². The molecule has 22 heavy (non-hydrogen) atoms. The molecule has 112 valence electrons. The van der Waals surface area contributed by atoms with Gasteiger partial charge in [-0.25, -0.2) is 0 Å². The highest BCUT2D eigenvalue weighted by Gasteiger charge is 2.16. The summed E-state index contributed by atoms with van der Waals surface area (Å²) in [5.74, 6) is 2.30. The quantitative estimate of drug-likeness (QED) is 0.504. The number of furan rings is 1. The van der Waals surface area contributed by atoms with E-state index in [1.165, 1.54) is 5.56 Å². The molecule has 2 heterocycles. The van der Waals surface area contributed by atoms with Crippen molar-refractivity contribution in [1.29, 1.82) is 0 Å². The summed E-state index contributed by atoms with van der Waals surface area (Å²) in [7, 11) is 0. The predicted octanol–water partition coefficient (Wildman–Crippen LogP) is 4.25. The van der Waals surface area contributed by atoms with Crippen LogP contribution >= 0.6 is 11.8 Å². The lowest BCUT2D eigenvalue weighted by molar-refractivity contribution is 0.569. The van der Waals surface area contributed by atoms with Gasteiger partial charge in [-0.05, 0) is 24.6 Å². The molecule has 2 aromatic heterocycles. The molecule has 1 aromatic carbocycles. The van der Waals surface area contributed by atoms with Crippen LogP contribution in [0, 0.1) is 0 Å². The van der Waals surface area contributed by atoms with E-state index in [4.69, 9.17) is 4.42 Å². The van der Waals surface area contributed by atoms with Gasteiger partial charge in [0.15, 0.2) is 10.9 Å². The fourth-order valence-electron chi connectivity index (χ4n) is 2.08. The molecule has 0 spiro atoms. The molecule has 0 saturated heterocycles. The van der Waals surface area contributed by atoms with Crippen molar-refractivity contribution in [2.24, 2.45) is 0 Å². The number of rotatable bonds is 6. The van der Waals surface area contributed by atoms with Gasteiger partial charge in [0.1, 0.15) is 0 Å². The van der Waals surface area contributed by atoms with Gasteiger partial charge in [0.2, 0.25) is 5.82 Å². The fourth-order valence-corrected chi connectivity index (χ4v) is 2.86. The summed E-state index contributed by atoms with van der Waals surface area (Å²) >= 11 is 1.64. The van der Waals surface area contributed by atoms with Crippen molar-refractivity contribution < 1.29 is 4.42 Å². The maximum absolute atomic E-state index is 5.49. The van der Waals surface area contributed by atoms with E-state index in [-0.39, 0.29) is 0 Å². The normalized spacial score (nSPS) is 10.8. The lowest BCUT2D eigenvalue weighted by Crippen LogP contribution is -2.04. The number of thioether (sulfide) groups is 1. The summed E-state index contributed by atoms with van der Waals surface area (Å²) in [4.78, 5) is 0. The molecule has 0 radical (unpaired) electrons. The van der Waals surface area contributed by atoms with Gasteiger partial charge in [-0.3, -0.25) is 4.57 Å². The third-order valence-electron chi connectivity index (χ3n) is 3.09. The average molecular weight is 311 g/mol. The summed E-state index contributed by atoms with van der Waals surface area (Å²) in [6.07, 6.45) is 1.65. The van der Waals surface area contributed by atoms with Crippen LogP contribution < -0.4 is 0 Å². The molecule has 0 aliphatic carbocycles. The van der Waals surface area contributed by atoms with Gasteiger partial charge in [0.05, 0.1) is 12.8 Å². The van der Waals surface area contributed by atoms with E-state index in [1.54, 1.807) is 18.0 Å². The van der Waals surface area contributed by atoms with Crippen LogP contribution in [0.15, 0.2) is 70.5 Å². The van der Waals surface area contributed by atoms with Crippen LogP contribution in [0.1, 0.15) is 12.5 Å². The van der Waals surface area contributed by atoms with Crippen LogP contribution in [0.2, 0.25) is 0 Å². The van der Waals surface area contributed by atoms with Crippen LogP contribution in [0.25, 0.3) is 11.6 Å². The Morgan fingerprint density at radius 2 is 2.00 bits per heavy atom. The van der Waals surface area contributed by atoms with E-state index >= 15 is 0 Å². The van der Waals surface area contributed by atoms with Crippen molar-refractivity contribution in [3.05, 3.63) is 66.4 Å². The Bertz CT molecular complexity index is 748. The van der Waals surface area contributed by atoms with E-state index in [2.05, 4.69) is 33.5 Å². The minimum absolute atomic E-state index is 0.711. The van der Waals surface area contributed by atoms with Crippen molar-refractivity contribution >= 4 is 11.8 Å². The molecule has 3 aromatic rings. The second kappa shape index (κ2) is 6.66. The SMILES string of the molecule is C=C(C)CSc1nnc(-c2ccco2)n1Cc1ccccc1. The van der Waals surface area contributed by atoms with Crippen LogP contribution in [-0.2, 0) is 6.54 Å². The third kappa shape index (κ3) is 3.31. The molecular formula is C17H17N3OS. The van der Waals surface area contributed by atoms with E-state index in [9.17, 15) is 0 Å². The first kappa shape index (κ1) is 14.7. The predicted molar refractivity (Wildman–Crippen MR) is 88.8 cm³/mol. The summed E-state index contributed by atoms with van der Waals surface area (Å²) in [6.45, 7) is 6.67. The highest BCUT2D eigenvalue weighted by molar-refractivity contribution is 7.99. The van der Waals surface area contributed by atoms with Crippen LogP contribution in [0.4, 0.5) is 0 Å². The van der Waals surface area contributed by atoms with Gasteiger partial charge in [-0.1, -0.05) is 54.2 Å². The molecule has 0 atom stereocenters. The zero-order valence-electron chi connectivity index (χ0n) is 12.4. The van der Waals surface area contributed by atoms with Crippen molar-refractivity contribution in [1.82, 2.24) is 14.8 Å². The average Bonchev–Trinajstić information content (AvgIpc) is 3.16.